The Morgan fingerprint density at radius 1 is 1.00 bits per heavy atom. The van der Waals surface area contributed by atoms with Gasteiger partial charge in [0.25, 0.3) is 11.8 Å². The molecule has 0 bridgehead atoms. The Labute approximate surface area is 154 Å². The van der Waals surface area contributed by atoms with Crippen LogP contribution in [0.3, 0.4) is 0 Å². The zero-order valence-corrected chi connectivity index (χ0v) is 14.5. The molecule has 0 atom stereocenters. The molecule has 9 heteroatoms. The van der Waals surface area contributed by atoms with Crippen LogP contribution in [0.1, 0.15) is 26.3 Å². The molecule has 6 N–H and O–H groups in total. The maximum absolute atomic E-state index is 12.6. The molecule has 1 aliphatic heterocycles. The Kier molecular flexibility index (Phi) is 4.35. The number of anilines is 1. The number of nitrogens with two attached hydrogens (primary N) is 3. The van der Waals surface area contributed by atoms with Gasteiger partial charge in [-0.3, -0.25) is 9.59 Å². The van der Waals surface area contributed by atoms with Gasteiger partial charge in [-0.15, -0.1) is 0 Å². The number of aliphatic imine (C=N–C) groups is 2. The topological polar surface area (TPSA) is 140 Å². The van der Waals surface area contributed by atoms with Gasteiger partial charge in [0.15, 0.2) is 5.96 Å². The molecule has 0 saturated heterocycles. The van der Waals surface area contributed by atoms with Gasteiger partial charge in [-0.1, -0.05) is 11.6 Å². The molecule has 26 heavy (non-hydrogen) atoms. The van der Waals surface area contributed by atoms with E-state index < -0.39 is 11.8 Å². The molecule has 0 aliphatic carbocycles. The summed E-state index contributed by atoms with van der Waals surface area (Å²) in [6.07, 6.45) is 0. The fourth-order valence-electron chi connectivity index (χ4n) is 2.68. The third-order valence-electron chi connectivity index (χ3n) is 3.76. The number of rotatable bonds is 2. The predicted molar refractivity (Wildman–Crippen MR) is 101 cm³/mol. The Bertz CT molecular complexity index is 995. The van der Waals surface area contributed by atoms with Crippen LogP contribution in [-0.2, 0) is 0 Å². The smallest absolute Gasteiger partial charge is 0.266 e. The summed E-state index contributed by atoms with van der Waals surface area (Å²) in [5.41, 5.74) is 18.3. The average Bonchev–Trinajstić information content (AvgIpc) is 2.78. The summed E-state index contributed by atoms with van der Waals surface area (Å²) in [5.74, 6) is -1.13. The number of guanidine groups is 2. The molecule has 132 valence electrons. The lowest BCUT2D eigenvalue weighted by molar-refractivity contribution is 0.0926. The zero-order valence-electron chi connectivity index (χ0n) is 13.7. The number of imide groups is 1. The van der Waals surface area contributed by atoms with Crippen molar-refractivity contribution >= 4 is 46.7 Å². The van der Waals surface area contributed by atoms with Gasteiger partial charge in [-0.2, -0.15) is 4.99 Å². The molecule has 2 aromatic rings. The highest BCUT2D eigenvalue weighted by Gasteiger charge is 2.37. The second-order valence-electron chi connectivity index (χ2n) is 5.61. The third-order valence-corrected chi connectivity index (χ3v) is 3.99. The van der Waals surface area contributed by atoms with Crippen LogP contribution in [0.15, 0.2) is 46.4 Å². The molecule has 0 spiro atoms. The van der Waals surface area contributed by atoms with E-state index in [-0.39, 0.29) is 17.5 Å². The molecule has 0 saturated carbocycles. The standard InChI is InChI=1S/C17H15ClN6O2/c1-8-6-10(22-17(21)23-16(19)20)3-5-13(8)24-14(25)11-4-2-9(18)7-12(11)15(24)26/h2-7H,1H3,(H6,19,20,21,22,23). The molecular formula is C17H15ClN6O2. The van der Waals surface area contributed by atoms with Crippen LogP contribution < -0.4 is 22.1 Å². The maximum atomic E-state index is 12.6. The van der Waals surface area contributed by atoms with E-state index in [2.05, 4.69) is 9.98 Å². The first-order valence-electron chi connectivity index (χ1n) is 7.50. The third kappa shape index (κ3) is 3.09. The highest BCUT2D eigenvalue weighted by atomic mass is 35.5. The Morgan fingerprint density at radius 2 is 1.69 bits per heavy atom. The normalized spacial score (nSPS) is 13.8. The molecule has 1 aliphatic rings. The van der Waals surface area contributed by atoms with E-state index in [1.54, 1.807) is 37.3 Å². The van der Waals surface area contributed by atoms with Crippen molar-refractivity contribution in [3.8, 4) is 0 Å². The van der Waals surface area contributed by atoms with Gasteiger partial charge in [0.2, 0.25) is 5.96 Å². The largest absolute Gasteiger partial charge is 0.370 e. The number of carbonyl (C=O) groups is 2. The quantitative estimate of drug-likeness (QED) is 0.419. The summed E-state index contributed by atoms with van der Waals surface area (Å²) < 4.78 is 0. The molecule has 2 aromatic carbocycles. The first-order chi connectivity index (χ1) is 12.3. The van der Waals surface area contributed by atoms with E-state index in [4.69, 9.17) is 28.8 Å². The van der Waals surface area contributed by atoms with Crippen molar-refractivity contribution in [2.45, 2.75) is 6.92 Å². The average molecular weight is 371 g/mol. The molecule has 0 fully saturated rings. The SMILES string of the molecule is Cc1cc(N=C(N)N=C(N)N)ccc1N1C(=O)c2ccc(Cl)cc2C1=O. The zero-order chi connectivity index (χ0) is 19.0. The van der Waals surface area contributed by atoms with Crippen LogP contribution in [0, 0.1) is 6.92 Å². The van der Waals surface area contributed by atoms with Crippen molar-refractivity contribution in [2.75, 3.05) is 4.90 Å². The van der Waals surface area contributed by atoms with Gasteiger partial charge in [-0.05, 0) is 48.9 Å². The highest BCUT2D eigenvalue weighted by Crippen LogP contribution is 2.33. The van der Waals surface area contributed by atoms with Gasteiger partial charge in [0.05, 0.1) is 22.5 Å². The first kappa shape index (κ1) is 17.4. The van der Waals surface area contributed by atoms with Gasteiger partial charge in [-0.25, -0.2) is 9.89 Å². The summed E-state index contributed by atoms with van der Waals surface area (Å²) in [7, 11) is 0. The minimum Gasteiger partial charge on any atom is -0.370 e. The van der Waals surface area contributed by atoms with Crippen LogP contribution in [0.5, 0.6) is 0 Å². The Morgan fingerprint density at radius 3 is 2.35 bits per heavy atom. The van der Waals surface area contributed by atoms with Crippen LogP contribution in [0.4, 0.5) is 11.4 Å². The molecule has 3 rings (SSSR count). The number of carbonyl (C=O) groups excluding carboxylic acids is 2. The molecule has 0 radical (unpaired) electrons. The summed E-state index contributed by atoms with van der Waals surface area (Å²) in [4.78, 5) is 34.1. The minimum atomic E-state index is -0.424. The Balaban J connectivity index is 1.98. The summed E-state index contributed by atoms with van der Waals surface area (Å²) in [6.45, 7) is 1.75. The van der Waals surface area contributed by atoms with E-state index in [0.29, 0.717) is 27.5 Å². The van der Waals surface area contributed by atoms with Gasteiger partial charge in [0, 0.05) is 5.02 Å². The molecule has 2 amide bonds. The lowest BCUT2D eigenvalue weighted by Gasteiger charge is -2.16. The second-order valence-corrected chi connectivity index (χ2v) is 6.05. The van der Waals surface area contributed by atoms with Crippen molar-refractivity contribution in [1.82, 2.24) is 0 Å². The van der Waals surface area contributed by atoms with Crippen molar-refractivity contribution in [2.24, 2.45) is 27.2 Å². The second kappa shape index (κ2) is 6.49. The number of aryl methyl sites for hydroxylation is 1. The lowest BCUT2D eigenvalue weighted by Crippen LogP contribution is -2.30. The Hall–Kier alpha value is -3.39. The fraction of sp³-hybridized carbons (Fsp3) is 0.0588. The number of amides is 2. The molecule has 1 heterocycles. The van der Waals surface area contributed by atoms with E-state index in [1.165, 1.54) is 6.07 Å². The van der Waals surface area contributed by atoms with Crippen LogP contribution in [-0.4, -0.2) is 23.7 Å². The molecule has 0 unspecified atom stereocenters. The summed E-state index contributed by atoms with van der Waals surface area (Å²) >= 11 is 5.93. The summed E-state index contributed by atoms with van der Waals surface area (Å²) in [5, 5.41) is 0.392. The van der Waals surface area contributed by atoms with Crippen molar-refractivity contribution in [1.29, 1.82) is 0 Å². The van der Waals surface area contributed by atoms with Crippen molar-refractivity contribution in [3.63, 3.8) is 0 Å². The minimum absolute atomic E-state index is 0.104. The molecule has 0 aromatic heterocycles. The maximum Gasteiger partial charge on any atom is 0.266 e. The summed E-state index contributed by atoms with van der Waals surface area (Å²) in [6, 6.07) is 9.49. The van der Waals surface area contributed by atoms with Gasteiger partial charge < -0.3 is 17.2 Å². The van der Waals surface area contributed by atoms with E-state index in [0.717, 1.165) is 4.90 Å². The highest BCUT2D eigenvalue weighted by molar-refractivity contribution is 6.36. The van der Waals surface area contributed by atoms with E-state index in [1.807, 2.05) is 0 Å². The monoisotopic (exact) mass is 370 g/mol. The number of halogens is 1. The molecule has 8 nitrogen and oxygen atoms in total. The number of nitrogens with zero attached hydrogens (tertiary/aromatic N) is 3. The van der Waals surface area contributed by atoms with Crippen LogP contribution in [0.25, 0.3) is 0 Å². The van der Waals surface area contributed by atoms with E-state index in [9.17, 15) is 9.59 Å². The van der Waals surface area contributed by atoms with Crippen LogP contribution >= 0.6 is 11.6 Å². The number of hydrogen-bond acceptors (Lipinski definition) is 3. The number of hydrogen-bond donors (Lipinski definition) is 3. The first-order valence-corrected chi connectivity index (χ1v) is 7.88. The van der Waals surface area contributed by atoms with E-state index >= 15 is 0 Å². The van der Waals surface area contributed by atoms with Gasteiger partial charge in [0.1, 0.15) is 0 Å². The van der Waals surface area contributed by atoms with Crippen molar-refractivity contribution < 1.29 is 9.59 Å². The lowest BCUT2D eigenvalue weighted by atomic mass is 10.1. The number of fused-ring (bicyclic) bond motifs is 1. The van der Waals surface area contributed by atoms with Crippen molar-refractivity contribution in [3.05, 3.63) is 58.1 Å². The molecular weight excluding hydrogens is 356 g/mol. The van der Waals surface area contributed by atoms with Gasteiger partial charge >= 0.3 is 0 Å². The predicted octanol–water partition coefficient (Wildman–Crippen LogP) is 1.67. The van der Waals surface area contributed by atoms with Crippen LogP contribution in [0.2, 0.25) is 5.02 Å². The number of benzene rings is 2. The fourth-order valence-corrected chi connectivity index (χ4v) is 2.85.